The van der Waals surface area contributed by atoms with Crippen LogP contribution in [0.4, 0.5) is 0 Å². The predicted octanol–water partition coefficient (Wildman–Crippen LogP) is 2.66. The maximum absolute atomic E-state index is 5.43. The van der Waals surface area contributed by atoms with E-state index in [4.69, 9.17) is 11.6 Å². The van der Waals surface area contributed by atoms with E-state index in [9.17, 15) is 0 Å². The topological polar surface area (TPSA) is 0 Å². The van der Waals surface area contributed by atoms with Crippen LogP contribution in [0.2, 0.25) is 0 Å². The van der Waals surface area contributed by atoms with Crippen molar-refractivity contribution in [1.29, 1.82) is 0 Å². The second kappa shape index (κ2) is 3.80. The van der Waals surface area contributed by atoms with Gasteiger partial charge >= 0.3 is 0 Å². The minimum atomic E-state index is 0.131. The third kappa shape index (κ3) is 7.85. The average molecular weight is 145 g/mol. The normalized spacial score (nSPS) is 10.2. The summed E-state index contributed by atoms with van der Waals surface area (Å²) in [7, 11) is 0. The first-order valence-corrected chi connectivity index (χ1v) is 3.66. The Bertz CT molecular complexity index is 120. The quantitative estimate of drug-likeness (QED) is 0.392. The van der Waals surface area contributed by atoms with Gasteiger partial charge in [-0.15, -0.1) is 17.5 Å². The van der Waals surface area contributed by atoms with Crippen LogP contribution in [-0.4, -0.2) is 5.88 Å². The van der Waals surface area contributed by atoms with E-state index in [-0.39, 0.29) is 5.41 Å². The molecule has 0 bridgehead atoms. The zero-order valence-corrected chi connectivity index (χ0v) is 7.05. The number of hydrogen-bond acceptors (Lipinski definition) is 0. The van der Waals surface area contributed by atoms with Crippen molar-refractivity contribution in [1.82, 2.24) is 0 Å². The molecule has 0 aromatic carbocycles. The minimum absolute atomic E-state index is 0.131. The van der Waals surface area contributed by atoms with E-state index in [2.05, 4.69) is 32.6 Å². The third-order valence-electron chi connectivity index (χ3n) is 0.683. The van der Waals surface area contributed by atoms with E-state index in [1.54, 1.807) is 0 Å². The summed E-state index contributed by atoms with van der Waals surface area (Å²) in [4.78, 5) is 0. The van der Waals surface area contributed by atoms with E-state index in [1.807, 2.05) is 0 Å². The van der Waals surface area contributed by atoms with Gasteiger partial charge < -0.3 is 0 Å². The molecule has 0 fully saturated rings. The fourth-order valence-corrected chi connectivity index (χ4v) is 0.469. The van der Waals surface area contributed by atoms with E-state index in [1.165, 1.54) is 0 Å². The predicted molar refractivity (Wildman–Crippen MR) is 42.6 cm³/mol. The Morgan fingerprint density at radius 2 is 1.89 bits per heavy atom. The highest BCUT2D eigenvalue weighted by molar-refractivity contribution is 6.18. The van der Waals surface area contributed by atoms with Crippen molar-refractivity contribution < 1.29 is 0 Å². The molecular formula is C8H13Cl. The van der Waals surface area contributed by atoms with Gasteiger partial charge in [0.2, 0.25) is 0 Å². The van der Waals surface area contributed by atoms with Crippen molar-refractivity contribution in [2.45, 2.75) is 27.2 Å². The highest BCUT2D eigenvalue weighted by Crippen LogP contribution is 2.09. The summed E-state index contributed by atoms with van der Waals surface area (Å²) < 4.78 is 0. The molecule has 0 atom stereocenters. The first-order valence-electron chi connectivity index (χ1n) is 3.12. The molecule has 0 rings (SSSR count). The Morgan fingerprint density at radius 3 is 2.22 bits per heavy atom. The maximum Gasteiger partial charge on any atom is 0.0333 e. The van der Waals surface area contributed by atoms with Gasteiger partial charge in [-0.1, -0.05) is 5.92 Å². The molecule has 9 heavy (non-hydrogen) atoms. The van der Waals surface area contributed by atoms with Gasteiger partial charge in [0.15, 0.2) is 0 Å². The van der Waals surface area contributed by atoms with Crippen LogP contribution in [0.1, 0.15) is 27.2 Å². The van der Waals surface area contributed by atoms with Crippen molar-refractivity contribution in [3.05, 3.63) is 0 Å². The van der Waals surface area contributed by atoms with Gasteiger partial charge in [-0.25, -0.2) is 0 Å². The second-order valence-electron chi connectivity index (χ2n) is 2.99. The molecule has 0 spiro atoms. The standard InChI is InChI=1S/C8H13Cl/c1-8(2,3)6-4-5-7-9/h5,7H2,1-3H3. The molecule has 0 N–H and O–H groups in total. The minimum Gasteiger partial charge on any atom is -0.126 e. The lowest BCUT2D eigenvalue weighted by molar-refractivity contribution is 0.570. The Balaban J connectivity index is 3.59. The Labute approximate surface area is 62.6 Å². The van der Waals surface area contributed by atoms with Crippen LogP contribution in [-0.2, 0) is 0 Å². The van der Waals surface area contributed by atoms with Crippen molar-refractivity contribution in [2.75, 3.05) is 5.88 Å². The number of halogens is 1. The summed E-state index contributed by atoms with van der Waals surface area (Å²) >= 11 is 5.43. The van der Waals surface area contributed by atoms with Crippen molar-refractivity contribution in [3.8, 4) is 11.8 Å². The first kappa shape index (κ1) is 8.85. The summed E-state index contributed by atoms with van der Waals surface area (Å²) in [6, 6.07) is 0. The highest BCUT2D eigenvalue weighted by Gasteiger charge is 2.02. The molecule has 0 saturated heterocycles. The lowest BCUT2D eigenvalue weighted by Gasteiger charge is -2.06. The summed E-state index contributed by atoms with van der Waals surface area (Å²) in [6.07, 6.45) is 0.804. The lowest BCUT2D eigenvalue weighted by atomic mass is 9.98. The summed E-state index contributed by atoms with van der Waals surface area (Å²) in [6.45, 7) is 6.27. The molecule has 0 amide bonds. The van der Waals surface area contributed by atoms with Gasteiger partial charge in [0.05, 0.1) is 0 Å². The fourth-order valence-electron chi connectivity index (χ4n) is 0.375. The molecule has 0 aromatic rings. The molecule has 0 radical (unpaired) electrons. The molecule has 0 unspecified atom stereocenters. The molecular weight excluding hydrogens is 132 g/mol. The average Bonchev–Trinajstić information content (AvgIpc) is 1.63. The largest absolute Gasteiger partial charge is 0.126 e. The van der Waals surface area contributed by atoms with Gasteiger partial charge in [-0.2, -0.15) is 0 Å². The lowest BCUT2D eigenvalue weighted by Crippen LogP contribution is -1.99. The Kier molecular flexibility index (Phi) is 3.73. The van der Waals surface area contributed by atoms with Crippen LogP contribution < -0.4 is 0 Å². The second-order valence-corrected chi connectivity index (χ2v) is 3.37. The molecule has 0 aliphatic carbocycles. The van der Waals surface area contributed by atoms with Gasteiger partial charge in [0, 0.05) is 17.7 Å². The number of rotatable bonds is 1. The van der Waals surface area contributed by atoms with Gasteiger partial charge in [-0.05, 0) is 20.8 Å². The number of hydrogen-bond donors (Lipinski definition) is 0. The molecule has 0 heterocycles. The molecule has 0 aliphatic heterocycles. The molecule has 0 saturated carbocycles. The van der Waals surface area contributed by atoms with Crippen LogP contribution >= 0.6 is 11.6 Å². The third-order valence-corrected chi connectivity index (χ3v) is 0.872. The molecule has 0 nitrogen and oxygen atoms in total. The molecule has 0 aromatic heterocycles. The van der Waals surface area contributed by atoms with Gasteiger partial charge in [0.1, 0.15) is 0 Å². The first-order chi connectivity index (χ1) is 4.06. The monoisotopic (exact) mass is 144 g/mol. The van der Waals surface area contributed by atoms with Crippen LogP contribution in [0.3, 0.4) is 0 Å². The summed E-state index contributed by atoms with van der Waals surface area (Å²) in [5.74, 6) is 6.72. The van der Waals surface area contributed by atoms with Crippen LogP contribution in [0, 0.1) is 17.3 Å². The summed E-state index contributed by atoms with van der Waals surface area (Å²) in [5.41, 5.74) is 0.131. The van der Waals surface area contributed by atoms with Crippen LogP contribution in [0.5, 0.6) is 0 Å². The van der Waals surface area contributed by atoms with E-state index >= 15 is 0 Å². The van der Waals surface area contributed by atoms with Crippen molar-refractivity contribution in [2.24, 2.45) is 5.41 Å². The van der Waals surface area contributed by atoms with Crippen LogP contribution in [0.15, 0.2) is 0 Å². The van der Waals surface area contributed by atoms with Crippen molar-refractivity contribution >= 4 is 11.6 Å². The van der Waals surface area contributed by atoms with Gasteiger partial charge in [-0.3, -0.25) is 0 Å². The van der Waals surface area contributed by atoms with E-state index < -0.39 is 0 Å². The van der Waals surface area contributed by atoms with E-state index in [0.29, 0.717) is 5.88 Å². The zero-order valence-electron chi connectivity index (χ0n) is 6.29. The Morgan fingerprint density at radius 1 is 1.33 bits per heavy atom. The van der Waals surface area contributed by atoms with Gasteiger partial charge in [0.25, 0.3) is 0 Å². The van der Waals surface area contributed by atoms with Crippen LogP contribution in [0.25, 0.3) is 0 Å². The number of alkyl halides is 1. The fraction of sp³-hybridized carbons (Fsp3) is 0.750. The Hall–Kier alpha value is -0.150. The molecule has 0 aliphatic rings. The SMILES string of the molecule is CC(C)(C)C#CCCCl. The maximum atomic E-state index is 5.43. The highest BCUT2D eigenvalue weighted by atomic mass is 35.5. The van der Waals surface area contributed by atoms with Crippen molar-refractivity contribution in [3.63, 3.8) is 0 Å². The summed E-state index contributed by atoms with van der Waals surface area (Å²) in [5, 5.41) is 0. The smallest absolute Gasteiger partial charge is 0.0333 e. The molecule has 52 valence electrons. The molecule has 1 heteroatoms. The van der Waals surface area contributed by atoms with E-state index in [0.717, 1.165) is 6.42 Å². The zero-order chi connectivity index (χ0) is 7.33.